The highest BCUT2D eigenvalue weighted by Crippen LogP contribution is 2.56. The van der Waals surface area contributed by atoms with Crippen molar-refractivity contribution in [2.45, 2.75) is 73.1 Å². The van der Waals surface area contributed by atoms with Crippen molar-refractivity contribution in [1.29, 1.82) is 0 Å². The van der Waals surface area contributed by atoms with Crippen LogP contribution in [0.3, 0.4) is 0 Å². The maximum Gasteiger partial charge on any atom is 0.225 e. The zero-order valence-corrected chi connectivity index (χ0v) is 15.3. The Morgan fingerprint density at radius 1 is 1.32 bits per heavy atom. The van der Waals surface area contributed by atoms with Crippen molar-refractivity contribution < 1.29 is 4.79 Å². The highest BCUT2D eigenvalue weighted by Gasteiger charge is 2.50. The molecule has 0 radical (unpaired) electrons. The largest absolute Gasteiger partial charge is 0.342 e. The molecule has 0 saturated heterocycles. The second kappa shape index (κ2) is 7.19. The molecule has 2 heteroatoms. The number of hydrogen-bond donors (Lipinski definition) is 0. The summed E-state index contributed by atoms with van der Waals surface area (Å²) in [6, 6.07) is 0. The first-order valence-electron chi connectivity index (χ1n) is 9.28. The molecular weight excluding hydrogens is 270 g/mol. The van der Waals surface area contributed by atoms with E-state index in [1.54, 1.807) is 0 Å². The molecule has 2 rings (SSSR count). The molecule has 22 heavy (non-hydrogen) atoms. The third kappa shape index (κ3) is 4.86. The molecule has 0 aliphatic heterocycles. The standard InChI is InChI=1S/C20H35NO/c1-6-16(4)19(22)21(13-17-9-10-17)14-18-12-20(18,5)11-7-8-15(2)3/h8,16-18H,6-7,9-14H2,1-5H3. The van der Waals surface area contributed by atoms with Gasteiger partial charge in [0.05, 0.1) is 0 Å². The van der Waals surface area contributed by atoms with Crippen molar-refractivity contribution in [3.8, 4) is 0 Å². The number of carbonyl (C=O) groups excluding carboxylic acids is 1. The van der Waals surface area contributed by atoms with Crippen LogP contribution in [0, 0.1) is 23.2 Å². The Bertz CT molecular complexity index is 419. The molecule has 0 N–H and O–H groups in total. The molecule has 0 aromatic heterocycles. The zero-order valence-electron chi connectivity index (χ0n) is 15.3. The van der Waals surface area contributed by atoms with Crippen molar-refractivity contribution >= 4 is 5.91 Å². The van der Waals surface area contributed by atoms with Gasteiger partial charge in [0.2, 0.25) is 5.91 Å². The number of carbonyl (C=O) groups is 1. The van der Waals surface area contributed by atoms with Gasteiger partial charge < -0.3 is 4.90 Å². The van der Waals surface area contributed by atoms with Crippen molar-refractivity contribution in [2.75, 3.05) is 13.1 Å². The van der Waals surface area contributed by atoms with Gasteiger partial charge in [-0.25, -0.2) is 0 Å². The van der Waals surface area contributed by atoms with Crippen LogP contribution in [0.25, 0.3) is 0 Å². The number of allylic oxidation sites excluding steroid dienone is 2. The van der Waals surface area contributed by atoms with Gasteiger partial charge in [0.25, 0.3) is 0 Å². The van der Waals surface area contributed by atoms with E-state index in [0.717, 1.165) is 31.3 Å². The maximum atomic E-state index is 12.6. The monoisotopic (exact) mass is 305 g/mol. The van der Waals surface area contributed by atoms with Gasteiger partial charge >= 0.3 is 0 Å². The fraction of sp³-hybridized carbons (Fsp3) is 0.850. The predicted octanol–water partition coefficient (Wildman–Crippen LogP) is 5.04. The third-order valence-electron chi connectivity index (χ3n) is 5.77. The van der Waals surface area contributed by atoms with Crippen LogP contribution in [-0.2, 0) is 4.79 Å². The highest BCUT2D eigenvalue weighted by molar-refractivity contribution is 5.78. The Labute approximate surface area is 137 Å². The fourth-order valence-electron chi connectivity index (χ4n) is 3.40. The molecule has 1 amide bonds. The van der Waals surface area contributed by atoms with Crippen LogP contribution in [0.5, 0.6) is 0 Å². The number of amides is 1. The lowest BCUT2D eigenvalue weighted by atomic mass is 9.98. The van der Waals surface area contributed by atoms with Crippen molar-refractivity contribution in [3.05, 3.63) is 11.6 Å². The molecule has 126 valence electrons. The van der Waals surface area contributed by atoms with E-state index in [-0.39, 0.29) is 5.92 Å². The summed E-state index contributed by atoms with van der Waals surface area (Å²) in [6.07, 6.45) is 9.74. The molecule has 2 aliphatic rings. The molecular formula is C20H35NO. The van der Waals surface area contributed by atoms with Crippen molar-refractivity contribution in [2.24, 2.45) is 23.2 Å². The molecule has 3 atom stereocenters. The number of hydrogen-bond acceptors (Lipinski definition) is 1. The van der Waals surface area contributed by atoms with Gasteiger partial charge in [0.15, 0.2) is 0 Å². The molecule has 0 aromatic rings. The molecule has 2 saturated carbocycles. The molecule has 2 fully saturated rings. The molecule has 0 bridgehead atoms. The van der Waals surface area contributed by atoms with Crippen LogP contribution < -0.4 is 0 Å². The van der Waals surface area contributed by atoms with E-state index in [0.29, 0.717) is 11.3 Å². The van der Waals surface area contributed by atoms with Gasteiger partial charge in [0, 0.05) is 19.0 Å². The summed E-state index contributed by atoms with van der Waals surface area (Å²) in [5.41, 5.74) is 1.90. The van der Waals surface area contributed by atoms with Gasteiger partial charge in [-0.15, -0.1) is 0 Å². The summed E-state index contributed by atoms with van der Waals surface area (Å²) in [5, 5.41) is 0. The summed E-state index contributed by atoms with van der Waals surface area (Å²) in [7, 11) is 0. The van der Waals surface area contributed by atoms with Crippen LogP contribution in [0.4, 0.5) is 0 Å². The number of rotatable bonds is 9. The summed E-state index contributed by atoms with van der Waals surface area (Å²) < 4.78 is 0. The third-order valence-corrected chi connectivity index (χ3v) is 5.77. The minimum atomic E-state index is 0.189. The van der Waals surface area contributed by atoms with Crippen LogP contribution in [0.2, 0.25) is 0 Å². The quantitative estimate of drug-likeness (QED) is 0.546. The molecule has 0 spiro atoms. The molecule has 0 aromatic carbocycles. The first-order chi connectivity index (χ1) is 10.4. The second-order valence-corrected chi connectivity index (χ2v) is 8.37. The van der Waals surface area contributed by atoms with Crippen molar-refractivity contribution in [1.82, 2.24) is 4.90 Å². The first-order valence-corrected chi connectivity index (χ1v) is 9.28. The minimum absolute atomic E-state index is 0.189. The topological polar surface area (TPSA) is 20.3 Å². The first kappa shape index (κ1) is 17.6. The van der Waals surface area contributed by atoms with Gasteiger partial charge in [0.1, 0.15) is 0 Å². The Morgan fingerprint density at radius 2 is 2.00 bits per heavy atom. The molecule has 0 heterocycles. The summed E-state index contributed by atoms with van der Waals surface area (Å²) >= 11 is 0. The van der Waals surface area contributed by atoms with Crippen LogP contribution in [0.1, 0.15) is 73.1 Å². The van der Waals surface area contributed by atoms with E-state index >= 15 is 0 Å². The lowest BCUT2D eigenvalue weighted by Crippen LogP contribution is -2.38. The summed E-state index contributed by atoms with van der Waals surface area (Å²) in [4.78, 5) is 14.8. The summed E-state index contributed by atoms with van der Waals surface area (Å²) in [6.45, 7) is 13.0. The molecule has 2 aliphatic carbocycles. The molecule has 3 unspecified atom stereocenters. The smallest absolute Gasteiger partial charge is 0.225 e. The van der Waals surface area contributed by atoms with E-state index in [4.69, 9.17) is 0 Å². The normalized spacial score (nSPS) is 28.1. The average Bonchev–Trinajstić information content (AvgIpc) is 3.36. The van der Waals surface area contributed by atoms with Crippen molar-refractivity contribution in [3.63, 3.8) is 0 Å². The minimum Gasteiger partial charge on any atom is -0.342 e. The van der Waals surface area contributed by atoms with Crippen LogP contribution >= 0.6 is 0 Å². The molecule has 2 nitrogen and oxygen atoms in total. The Hall–Kier alpha value is -0.790. The lowest BCUT2D eigenvalue weighted by Gasteiger charge is -2.26. The van der Waals surface area contributed by atoms with Gasteiger partial charge in [-0.05, 0) is 69.6 Å². The maximum absolute atomic E-state index is 12.6. The van der Waals surface area contributed by atoms with Crippen LogP contribution in [-0.4, -0.2) is 23.9 Å². The van der Waals surface area contributed by atoms with Gasteiger partial charge in [-0.2, -0.15) is 0 Å². The highest BCUT2D eigenvalue weighted by atomic mass is 16.2. The fourth-order valence-corrected chi connectivity index (χ4v) is 3.40. The SMILES string of the molecule is CCC(C)C(=O)N(CC1CC1)CC1CC1(C)CCC=C(C)C. The van der Waals surface area contributed by atoms with Gasteiger partial charge in [-0.1, -0.05) is 32.4 Å². The number of nitrogens with zero attached hydrogens (tertiary/aromatic N) is 1. The second-order valence-electron chi connectivity index (χ2n) is 8.37. The van der Waals surface area contributed by atoms with E-state index < -0.39 is 0 Å². The van der Waals surface area contributed by atoms with Gasteiger partial charge in [-0.3, -0.25) is 4.79 Å². The van der Waals surface area contributed by atoms with E-state index in [1.807, 2.05) is 0 Å². The Morgan fingerprint density at radius 3 is 2.55 bits per heavy atom. The zero-order chi connectivity index (χ0) is 16.3. The summed E-state index contributed by atoms with van der Waals surface area (Å²) in [5.74, 6) is 2.11. The lowest BCUT2D eigenvalue weighted by molar-refractivity contribution is -0.135. The van der Waals surface area contributed by atoms with Crippen LogP contribution in [0.15, 0.2) is 11.6 Å². The predicted molar refractivity (Wildman–Crippen MR) is 93.6 cm³/mol. The van der Waals surface area contributed by atoms with E-state index in [9.17, 15) is 4.79 Å². The Balaban J connectivity index is 1.85. The average molecular weight is 306 g/mol. The Kier molecular flexibility index (Phi) is 5.74. The van der Waals surface area contributed by atoms with E-state index in [1.165, 1.54) is 37.7 Å². The van der Waals surface area contributed by atoms with E-state index in [2.05, 4.69) is 45.6 Å².